The highest BCUT2D eigenvalue weighted by Gasteiger charge is 2.10. The van der Waals surface area contributed by atoms with Crippen molar-refractivity contribution in [2.24, 2.45) is 0 Å². The van der Waals surface area contributed by atoms with E-state index in [0.29, 0.717) is 19.6 Å². The minimum absolute atomic E-state index is 0.101. The molecule has 0 spiro atoms. The lowest BCUT2D eigenvalue weighted by molar-refractivity contribution is 0.0154. The highest BCUT2D eigenvalue weighted by atomic mass is 16.5. The number of amides is 1. The van der Waals surface area contributed by atoms with Gasteiger partial charge >= 0.3 is 0 Å². The molecule has 0 aromatic heterocycles. The maximum absolute atomic E-state index is 11.7. The third-order valence-electron chi connectivity index (χ3n) is 2.52. The van der Waals surface area contributed by atoms with Crippen LogP contribution in [0.25, 0.3) is 0 Å². The van der Waals surface area contributed by atoms with Crippen molar-refractivity contribution >= 4 is 5.91 Å². The number of ether oxygens (including phenoxy) is 1. The molecule has 0 radical (unpaired) electrons. The van der Waals surface area contributed by atoms with Crippen LogP contribution < -0.4 is 5.32 Å². The van der Waals surface area contributed by atoms with Gasteiger partial charge in [0.25, 0.3) is 5.91 Å². The van der Waals surface area contributed by atoms with E-state index in [1.165, 1.54) is 12.1 Å². The summed E-state index contributed by atoms with van der Waals surface area (Å²) in [6.07, 6.45) is 0.184. The average molecular weight is 269 g/mol. The minimum Gasteiger partial charge on any atom is -0.508 e. The molecule has 6 nitrogen and oxygen atoms in total. The van der Waals surface area contributed by atoms with Gasteiger partial charge in [-0.25, -0.2) is 0 Å². The Morgan fingerprint density at radius 2 is 1.95 bits per heavy atom. The van der Waals surface area contributed by atoms with Crippen molar-refractivity contribution in [3.63, 3.8) is 0 Å². The topological polar surface area (TPSA) is 99.0 Å². The van der Waals surface area contributed by atoms with Gasteiger partial charge in [-0.1, -0.05) is 0 Å². The van der Waals surface area contributed by atoms with Crippen LogP contribution in [0.1, 0.15) is 23.7 Å². The number of phenols is 2. The number of carbonyl (C=O) groups excluding carboxylic acids is 1. The monoisotopic (exact) mass is 269 g/mol. The molecule has 1 amide bonds. The molecule has 0 unspecified atom stereocenters. The van der Waals surface area contributed by atoms with Crippen LogP contribution in [0.2, 0.25) is 0 Å². The smallest absolute Gasteiger partial charge is 0.251 e. The van der Waals surface area contributed by atoms with Crippen molar-refractivity contribution in [1.82, 2.24) is 5.32 Å². The molecular formula is C13H19NO5. The number of aliphatic hydroxyl groups is 1. The summed E-state index contributed by atoms with van der Waals surface area (Å²) < 4.78 is 5.24. The predicted octanol–water partition coefficient (Wildman–Crippen LogP) is 0.615. The number of aliphatic hydroxyl groups excluding tert-OH is 1. The molecule has 0 fully saturated rings. The Balaban J connectivity index is 2.46. The van der Waals surface area contributed by atoms with E-state index in [9.17, 15) is 15.0 Å². The minimum atomic E-state index is -0.403. The van der Waals surface area contributed by atoms with Gasteiger partial charge in [-0.15, -0.1) is 0 Å². The van der Waals surface area contributed by atoms with E-state index in [-0.39, 0.29) is 29.8 Å². The number of carbonyl (C=O) groups is 1. The Bertz CT molecular complexity index is 401. The number of hydrogen-bond acceptors (Lipinski definition) is 5. The number of hydrogen-bond donors (Lipinski definition) is 4. The first-order valence-corrected chi connectivity index (χ1v) is 6.10. The first-order valence-electron chi connectivity index (χ1n) is 6.10. The van der Waals surface area contributed by atoms with Crippen molar-refractivity contribution < 1.29 is 24.9 Å². The first kappa shape index (κ1) is 15.3. The van der Waals surface area contributed by atoms with E-state index in [4.69, 9.17) is 9.84 Å². The fourth-order valence-corrected chi connectivity index (χ4v) is 1.64. The number of aromatic hydroxyl groups is 2. The molecule has 0 saturated heterocycles. The number of nitrogens with one attached hydrogen (secondary N) is 1. The highest BCUT2D eigenvalue weighted by molar-refractivity contribution is 5.95. The quantitative estimate of drug-likeness (QED) is 0.581. The van der Waals surface area contributed by atoms with Crippen molar-refractivity contribution in [2.45, 2.75) is 19.4 Å². The largest absolute Gasteiger partial charge is 0.508 e. The summed E-state index contributed by atoms with van der Waals surface area (Å²) in [6, 6.07) is 3.68. The lowest BCUT2D eigenvalue weighted by Gasteiger charge is -2.14. The standard InChI is InChI=1S/C13H19NO5/c1-2-19-12(8-15)3-4-14-13(18)9-5-10(16)7-11(17)6-9/h5-7,12,15-17H,2-4,8H2,1H3,(H,14,18)/t12-/m0/s1. The zero-order chi connectivity index (χ0) is 14.3. The summed E-state index contributed by atoms with van der Waals surface area (Å²) in [5.41, 5.74) is 0.175. The third kappa shape index (κ3) is 5.15. The van der Waals surface area contributed by atoms with Crippen LogP contribution in [0.15, 0.2) is 18.2 Å². The molecule has 1 aromatic rings. The van der Waals surface area contributed by atoms with Crippen molar-refractivity contribution in [3.05, 3.63) is 23.8 Å². The molecule has 19 heavy (non-hydrogen) atoms. The second-order valence-electron chi connectivity index (χ2n) is 4.04. The van der Waals surface area contributed by atoms with Gasteiger partial charge in [0.05, 0.1) is 12.7 Å². The average Bonchev–Trinajstić information content (AvgIpc) is 2.36. The highest BCUT2D eigenvalue weighted by Crippen LogP contribution is 2.20. The number of rotatable bonds is 7. The molecule has 1 aromatic carbocycles. The molecule has 0 aliphatic carbocycles. The summed E-state index contributed by atoms with van der Waals surface area (Å²) in [7, 11) is 0. The Morgan fingerprint density at radius 1 is 1.32 bits per heavy atom. The predicted molar refractivity (Wildman–Crippen MR) is 69.2 cm³/mol. The van der Waals surface area contributed by atoms with Gasteiger partial charge in [-0.05, 0) is 25.5 Å². The molecule has 106 valence electrons. The van der Waals surface area contributed by atoms with Crippen molar-refractivity contribution in [2.75, 3.05) is 19.8 Å². The van der Waals surface area contributed by atoms with Gasteiger partial charge in [-0.3, -0.25) is 4.79 Å². The van der Waals surface area contributed by atoms with E-state index in [1.54, 1.807) is 0 Å². The molecule has 6 heteroatoms. The SMILES string of the molecule is CCO[C@H](CO)CCNC(=O)c1cc(O)cc(O)c1. The third-order valence-corrected chi connectivity index (χ3v) is 2.52. The fraction of sp³-hybridized carbons (Fsp3) is 0.462. The lowest BCUT2D eigenvalue weighted by Crippen LogP contribution is -2.29. The molecule has 0 aliphatic heterocycles. The maximum Gasteiger partial charge on any atom is 0.251 e. The van der Waals surface area contributed by atoms with Gasteiger partial charge in [0.1, 0.15) is 11.5 Å². The van der Waals surface area contributed by atoms with Crippen LogP contribution >= 0.6 is 0 Å². The molecular weight excluding hydrogens is 250 g/mol. The lowest BCUT2D eigenvalue weighted by atomic mass is 10.2. The van der Waals surface area contributed by atoms with Crippen LogP contribution in [0.3, 0.4) is 0 Å². The second kappa shape index (κ2) is 7.60. The Hall–Kier alpha value is -1.79. The molecule has 1 rings (SSSR count). The van der Waals surface area contributed by atoms with Crippen LogP contribution in [-0.2, 0) is 4.74 Å². The van der Waals surface area contributed by atoms with Crippen LogP contribution in [0.4, 0.5) is 0 Å². The summed E-state index contributed by atoms with van der Waals surface area (Å²) in [6.45, 7) is 2.56. The van der Waals surface area contributed by atoms with Crippen LogP contribution in [0.5, 0.6) is 11.5 Å². The zero-order valence-corrected chi connectivity index (χ0v) is 10.8. The van der Waals surface area contributed by atoms with Crippen molar-refractivity contribution in [1.29, 1.82) is 0 Å². The van der Waals surface area contributed by atoms with Gasteiger partial charge < -0.3 is 25.4 Å². The van der Waals surface area contributed by atoms with Gasteiger partial charge in [0.2, 0.25) is 0 Å². The maximum atomic E-state index is 11.7. The summed E-state index contributed by atoms with van der Waals surface area (Å²) >= 11 is 0. The number of benzene rings is 1. The first-order chi connectivity index (χ1) is 9.06. The van der Waals surface area contributed by atoms with E-state index >= 15 is 0 Å². The van der Waals surface area contributed by atoms with E-state index in [2.05, 4.69) is 5.32 Å². The Labute approximate surface area is 111 Å². The fourth-order valence-electron chi connectivity index (χ4n) is 1.64. The van der Waals surface area contributed by atoms with E-state index < -0.39 is 5.91 Å². The molecule has 0 heterocycles. The van der Waals surface area contributed by atoms with Gasteiger partial charge in [-0.2, -0.15) is 0 Å². The molecule has 0 bridgehead atoms. The van der Waals surface area contributed by atoms with Gasteiger partial charge in [0, 0.05) is 24.8 Å². The van der Waals surface area contributed by atoms with Crippen molar-refractivity contribution in [3.8, 4) is 11.5 Å². The summed E-state index contributed by atoms with van der Waals surface area (Å²) in [5.74, 6) is -0.750. The van der Waals surface area contributed by atoms with Crippen LogP contribution in [-0.4, -0.2) is 47.1 Å². The normalized spacial score (nSPS) is 12.1. The number of phenolic OH excluding ortho intramolecular Hbond substituents is 2. The van der Waals surface area contributed by atoms with E-state index in [1.807, 2.05) is 6.92 Å². The second-order valence-corrected chi connectivity index (χ2v) is 4.04. The molecule has 0 aliphatic rings. The van der Waals surface area contributed by atoms with Crippen LogP contribution in [0, 0.1) is 0 Å². The van der Waals surface area contributed by atoms with E-state index in [0.717, 1.165) is 6.07 Å². The van der Waals surface area contributed by atoms with Gasteiger partial charge in [0.15, 0.2) is 0 Å². The molecule has 1 atom stereocenters. The Kier molecular flexibility index (Phi) is 6.11. The molecule has 4 N–H and O–H groups in total. The summed E-state index contributed by atoms with van der Waals surface area (Å²) in [4.78, 5) is 11.7. The zero-order valence-electron chi connectivity index (χ0n) is 10.8. The molecule has 0 saturated carbocycles. The Morgan fingerprint density at radius 3 is 2.47 bits per heavy atom. The summed E-state index contributed by atoms with van der Waals surface area (Å²) in [5, 5.41) is 30.2.